The summed E-state index contributed by atoms with van der Waals surface area (Å²) >= 11 is 12.3. The van der Waals surface area contributed by atoms with Gasteiger partial charge in [0.2, 0.25) is 5.91 Å². The Labute approximate surface area is 209 Å². The summed E-state index contributed by atoms with van der Waals surface area (Å²) in [6, 6.07) is 23.1. The molecule has 0 aliphatic carbocycles. The molecule has 0 saturated heterocycles. The van der Waals surface area contributed by atoms with Crippen LogP contribution in [0.1, 0.15) is 24.2 Å². The highest BCUT2D eigenvalue weighted by Gasteiger charge is 2.11. The average Bonchev–Trinajstić information content (AvgIpc) is 3.19. The van der Waals surface area contributed by atoms with Crippen LogP contribution in [0, 0.1) is 0 Å². The minimum absolute atomic E-state index is 0.0293. The lowest BCUT2D eigenvalue weighted by Gasteiger charge is -2.11. The van der Waals surface area contributed by atoms with Crippen molar-refractivity contribution in [3.8, 4) is 5.75 Å². The fourth-order valence-corrected chi connectivity index (χ4v) is 4.28. The number of nitrogens with zero attached hydrogens (tertiary/aromatic N) is 2. The maximum atomic E-state index is 12.3. The number of imidazole rings is 1. The largest absolute Gasteiger partial charge is 0.492 e. The van der Waals surface area contributed by atoms with Gasteiger partial charge in [-0.2, -0.15) is 0 Å². The number of aromatic nitrogens is 2. The summed E-state index contributed by atoms with van der Waals surface area (Å²) in [6.07, 6.45) is 2.68. The first-order valence-corrected chi connectivity index (χ1v) is 12.2. The summed E-state index contributed by atoms with van der Waals surface area (Å²) in [7, 11) is 0. The molecular weight excluding hydrogens is 469 g/mol. The number of fused-ring (bicyclic) bond motifs is 1. The van der Waals surface area contributed by atoms with Gasteiger partial charge >= 0.3 is 0 Å². The zero-order valence-electron chi connectivity index (χ0n) is 18.8. The van der Waals surface area contributed by atoms with Crippen molar-refractivity contribution in [2.45, 2.75) is 32.2 Å². The number of aryl methyl sites for hydroxylation is 2. The van der Waals surface area contributed by atoms with Crippen LogP contribution in [0.2, 0.25) is 10.0 Å². The van der Waals surface area contributed by atoms with Crippen molar-refractivity contribution >= 4 is 40.1 Å². The van der Waals surface area contributed by atoms with E-state index in [1.807, 2.05) is 60.7 Å². The number of ether oxygens (including phenoxy) is 1. The van der Waals surface area contributed by atoms with Crippen molar-refractivity contribution in [1.29, 1.82) is 0 Å². The van der Waals surface area contributed by atoms with Crippen LogP contribution >= 0.6 is 23.2 Å². The first-order valence-electron chi connectivity index (χ1n) is 11.4. The summed E-state index contributed by atoms with van der Waals surface area (Å²) in [5.74, 6) is 1.69. The van der Waals surface area contributed by atoms with E-state index in [9.17, 15) is 4.79 Å². The Morgan fingerprint density at radius 3 is 2.47 bits per heavy atom. The summed E-state index contributed by atoms with van der Waals surface area (Å²) in [6.45, 7) is 1.94. The van der Waals surface area contributed by atoms with E-state index in [0.29, 0.717) is 28.9 Å². The summed E-state index contributed by atoms with van der Waals surface area (Å²) < 4.78 is 8.09. The van der Waals surface area contributed by atoms with Gasteiger partial charge in [-0.25, -0.2) is 4.98 Å². The Bertz CT molecular complexity index is 1260. The van der Waals surface area contributed by atoms with Gasteiger partial charge in [-0.05, 0) is 48.7 Å². The quantitative estimate of drug-likeness (QED) is 0.255. The molecule has 1 amide bonds. The van der Waals surface area contributed by atoms with Gasteiger partial charge in [0.25, 0.3) is 0 Å². The molecule has 0 saturated carbocycles. The molecule has 0 unspecified atom stereocenters. The van der Waals surface area contributed by atoms with E-state index in [-0.39, 0.29) is 12.3 Å². The van der Waals surface area contributed by atoms with Crippen molar-refractivity contribution in [1.82, 2.24) is 14.9 Å². The van der Waals surface area contributed by atoms with Crippen LogP contribution < -0.4 is 10.1 Å². The molecule has 4 rings (SSSR count). The molecule has 0 atom stereocenters. The monoisotopic (exact) mass is 495 g/mol. The molecule has 0 aliphatic heterocycles. The molecule has 34 heavy (non-hydrogen) atoms. The maximum absolute atomic E-state index is 12.3. The molecule has 1 aromatic heterocycles. The van der Waals surface area contributed by atoms with Crippen LogP contribution in [-0.2, 0) is 24.2 Å². The number of rotatable bonds is 11. The minimum Gasteiger partial charge on any atom is -0.492 e. The molecule has 0 radical (unpaired) electrons. The van der Waals surface area contributed by atoms with Crippen molar-refractivity contribution in [2.24, 2.45) is 0 Å². The fourth-order valence-electron chi connectivity index (χ4n) is 3.88. The Balaban J connectivity index is 1.30. The molecule has 176 valence electrons. The zero-order valence-corrected chi connectivity index (χ0v) is 20.4. The summed E-state index contributed by atoms with van der Waals surface area (Å²) in [5, 5.41) is 4.22. The number of carbonyl (C=O) groups excluding carboxylic acids is 1. The predicted octanol–water partition coefficient (Wildman–Crippen LogP) is 6.10. The van der Waals surface area contributed by atoms with E-state index < -0.39 is 0 Å². The van der Waals surface area contributed by atoms with Gasteiger partial charge in [0.15, 0.2) is 0 Å². The SMILES string of the molecule is O=C(Cc1ccccc1Cl)NCCCc1nc2ccccc2n1CCCOc1ccccc1Cl. The van der Waals surface area contributed by atoms with Crippen molar-refractivity contribution in [2.75, 3.05) is 13.2 Å². The van der Waals surface area contributed by atoms with Gasteiger partial charge in [0.05, 0.1) is 29.1 Å². The lowest BCUT2D eigenvalue weighted by molar-refractivity contribution is -0.120. The number of para-hydroxylation sites is 3. The summed E-state index contributed by atoms with van der Waals surface area (Å²) in [5.41, 5.74) is 2.92. The Morgan fingerprint density at radius 2 is 1.65 bits per heavy atom. The number of benzene rings is 3. The van der Waals surface area contributed by atoms with Crippen LogP contribution in [0.25, 0.3) is 11.0 Å². The molecule has 1 heterocycles. The topological polar surface area (TPSA) is 56.2 Å². The van der Waals surface area contributed by atoms with E-state index in [2.05, 4.69) is 16.0 Å². The number of hydrogen-bond acceptors (Lipinski definition) is 3. The first-order chi connectivity index (χ1) is 16.6. The lowest BCUT2D eigenvalue weighted by Crippen LogP contribution is -2.26. The standard InChI is InChI=1S/C27H27Cl2N3O2/c28-21-10-2-1-9-20(21)19-27(33)30-16-7-15-26-31-23-12-4-5-13-24(23)32(26)17-8-18-34-25-14-6-3-11-22(25)29/h1-6,9-14H,7-8,15-19H2,(H,30,33). The molecule has 0 spiro atoms. The number of carbonyl (C=O) groups is 1. The second-order valence-corrected chi connectivity index (χ2v) is 8.84. The second kappa shape index (κ2) is 11.9. The van der Waals surface area contributed by atoms with Crippen LogP contribution in [0.3, 0.4) is 0 Å². The average molecular weight is 496 g/mol. The van der Waals surface area contributed by atoms with Gasteiger partial charge in [0.1, 0.15) is 11.6 Å². The Kier molecular flexibility index (Phi) is 8.45. The predicted molar refractivity (Wildman–Crippen MR) is 138 cm³/mol. The number of amides is 1. The van der Waals surface area contributed by atoms with E-state index in [1.54, 1.807) is 6.07 Å². The number of hydrogen-bond donors (Lipinski definition) is 1. The van der Waals surface area contributed by atoms with E-state index in [4.69, 9.17) is 32.9 Å². The van der Waals surface area contributed by atoms with Crippen LogP contribution in [0.4, 0.5) is 0 Å². The van der Waals surface area contributed by atoms with Gasteiger partial charge in [-0.1, -0.05) is 65.7 Å². The molecule has 7 heteroatoms. The third-order valence-electron chi connectivity index (χ3n) is 5.56. The van der Waals surface area contributed by atoms with Gasteiger partial charge in [0, 0.05) is 24.5 Å². The van der Waals surface area contributed by atoms with Crippen LogP contribution in [0.15, 0.2) is 72.8 Å². The minimum atomic E-state index is -0.0293. The second-order valence-electron chi connectivity index (χ2n) is 8.02. The molecule has 4 aromatic rings. The molecule has 0 fully saturated rings. The Hall–Kier alpha value is -3.02. The highest BCUT2D eigenvalue weighted by molar-refractivity contribution is 6.32. The third kappa shape index (κ3) is 6.31. The van der Waals surface area contributed by atoms with E-state index in [0.717, 1.165) is 48.2 Å². The molecule has 0 aliphatic rings. The fraction of sp³-hybridized carbons (Fsp3) is 0.259. The van der Waals surface area contributed by atoms with Crippen LogP contribution in [0.5, 0.6) is 5.75 Å². The first kappa shape index (κ1) is 24.1. The summed E-state index contributed by atoms with van der Waals surface area (Å²) in [4.78, 5) is 17.1. The van der Waals surface area contributed by atoms with Gasteiger partial charge in [-0.3, -0.25) is 4.79 Å². The maximum Gasteiger partial charge on any atom is 0.224 e. The lowest BCUT2D eigenvalue weighted by atomic mass is 10.1. The smallest absolute Gasteiger partial charge is 0.224 e. The van der Waals surface area contributed by atoms with Crippen molar-refractivity contribution in [3.63, 3.8) is 0 Å². The third-order valence-corrected chi connectivity index (χ3v) is 6.24. The highest BCUT2D eigenvalue weighted by atomic mass is 35.5. The highest BCUT2D eigenvalue weighted by Crippen LogP contribution is 2.23. The molecule has 3 aromatic carbocycles. The molecule has 5 nitrogen and oxygen atoms in total. The van der Waals surface area contributed by atoms with E-state index in [1.165, 1.54) is 0 Å². The molecular formula is C27H27Cl2N3O2. The van der Waals surface area contributed by atoms with Crippen molar-refractivity contribution < 1.29 is 9.53 Å². The van der Waals surface area contributed by atoms with Crippen molar-refractivity contribution in [3.05, 3.63) is 94.2 Å². The van der Waals surface area contributed by atoms with E-state index >= 15 is 0 Å². The van der Waals surface area contributed by atoms with Gasteiger partial charge < -0.3 is 14.6 Å². The molecule has 0 bridgehead atoms. The number of halogens is 2. The van der Waals surface area contributed by atoms with Crippen LogP contribution in [-0.4, -0.2) is 28.6 Å². The van der Waals surface area contributed by atoms with Gasteiger partial charge in [-0.15, -0.1) is 0 Å². The zero-order chi connectivity index (χ0) is 23.8. The Morgan fingerprint density at radius 1 is 0.912 bits per heavy atom. The normalized spacial score (nSPS) is 11.0. The number of nitrogens with one attached hydrogen (secondary N) is 1. The molecule has 1 N–H and O–H groups in total.